The molecule has 1 heterocycles. The molecule has 25 heavy (non-hydrogen) atoms. The second-order valence-corrected chi connectivity index (χ2v) is 8.04. The molecule has 1 atom stereocenters. The van der Waals surface area contributed by atoms with E-state index in [0.717, 1.165) is 0 Å². The number of ether oxygens (including phenoxy) is 2. The van der Waals surface area contributed by atoms with Crippen molar-refractivity contribution in [3.8, 4) is 5.75 Å². The quantitative estimate of drug-likeness (QED) is 0.715. The summed E-state index contributed by atoms with van der Waals surface area (Å²) in [7, 11) is -2.47. The Morgan fingerprint density at radius 2 is 1.92 bits per heavy atom. The molecule has 0 saturated carbocycles. The number of rotatable bonds is 7. The molecule has 1 N–H and O–H groups in total. The predicted molar refractivity (Wildman–Crippen MR) is 87.7 cm³/mol. The normalized spacial score (nSPS) is 21.0. The molecule has 8 nitrogen and oxygen atoms in total. The van der Waals surface area contributed by atoms with E-state index in [1.54, 1.807) is 6.92 Å². The molecule has 1 aliphatic rings. The Labute approximate surface area is 146 Å². The van der Waals surface area contributed by atoms with Crippen LogP contribution in [0.5, 0.6) is 5.75 Å². The first-order valence-electron chi connectivity index (χ1n) is 7.72. The van der Waals surface area contributed by atoms with Crippen molar-refractivity contribution < 1.29 is 32.6 Å². The van der Waals surface area contributed by atoms with Gasteiger partial charge in [0, 0.05) is 13.1 Å². The summed E-state index contributed by atoms with van der Waals surface area (Å²) in [6.07, 6.45) is 0.369. The zero-order valence-electron chi connectivity index (χ0n) is 14.1. The van der Waals surface area contributed by atoms with Crippen LogP contribution >= 0.6 is 0 Å². The largest absolute Gasteiger partial charge is 0.493 e. The first-order chi connectivity index (χ1) is 11.7. The Bertz CT molecular complexity index is 744. The van der Waals surface area contributed by atoms with E-state index in [0.29, 0.717) is 5.75 Å². The molecule has 1 fully saturated rings. The molecule has 138 valence electrons. The van der Waals surface area contributed by atoms with Crippen molar-refractivity contribution in [1.82, 2.24) is 4.31 Å². The average Bonchev–Trinajstić information content (AvgIpc) is 3.00. The Morgan fingerprint density at radius 1 is 1.28 bits per heavy atom. The number of hydrogen-bond donors (Lipinski definition) is 1. The molecule has 1 unspecified atom stereocenters. The van der Waals surface area contributed by atoms with E-state index in [9.17, 15) is 23.1 Å². The average molecular weight is 371 g/mol. The van der Waals surface area contributed by atoms with Gasteiger partial charge in [0.2, 0.25) is 10.0 Å². The molecule has 0 amide bonds. The molecule has 1 aromatic carbocycles. The number of benzene rings is 1. The fourth-order valence-corrected chi connectivity index (χ4v) is 4.07. The molecule has 9 heteroatoms. The van der Waals surface area contributed by atoms with Crippen molar-refractivity contribution in [3.05, 3.63) is 24.3 Å². The highest BCUT2D eigenvalue weighted by Gasteiger charge is 2.44. The molecular formula is C16H21NO7S. The van der Waals surface area contributed by atoms with Crippen molar-refractivity contribution in [3.63, 3.8) is 0 Å². The van der Waals surface area contributed by atoms with Crippen molar-refractivity contribution >= 4 is 22.0 Å². The Morgan fingerprint density at radius 3 is 2.44 bits per heavy atom. The maximum absolute atomic E-state index is 12.6. The van der Waals surface area contributed by atoms with Crippen LogP contribution in [0, 0.1) is 5.41 Å². The van der Waals surface area contributed by atoms with Gasteiger partial charge in [-0.3, -0.25) is 9.59 Å². The molecular weight excluding hydrogens is 350 g/mol. The molecule has 1 aromatic rings. The summed E-state index contributed by atoms with van der Waals surface area (Å²) in [5, 5.41) is 9.23. The highest BCUT2D eigenvalue weighted by Crippen LogP contribution is 2.34. The Kier molecular flexibility index (Phi) is 5.69. The van der Waals surface area contributed by atoms with Crippen LogP contribution in [0.4, 0.5) is 0 Å². The summed E-state index contributed by atoms with van der Waals surface area (Å²) in [6, 6.07) is 5.80. The predicted octanol–water partition coefficient (Wildman–Crippen LogP) is 1.11. The standard InChI is InChI=1S/C16H21NO7S/c1-16(15(19)20)8-9-17(11-16)25(21,22)13-5-3-12(4-6-13)24-10-7-14(18)23-2/h3-6H,7-11H2,1-2H3,(H,19,20). The third kappa shape index (κ3) is 4.29. The van der Waals surface area contributed by atoms with Gasteiger partial charge in [0.15, 0.2) is 0 Å². The maximum Gasteiger partial charge on any atom is 0.310 e. The SMILES string of the molecule is COC(=O)CCOc1ccc(S(=O)(=O)N2CCC(C)(C(=O)O)C2)cc1. The molecule has 0 bridgehead atoms. The van der Waals surface area contributed by atoms with Crippen LogP contribution in [0.2, 0.25) is 0 Å². The number of carboxylic acid groups (broad SMARTS) is 1. The summed E-state index contributed by atoms with van der Waals surface area (Å²) in [5.41, 5.74) is -1.07. The highest BCUT2D eigenvalue weighted by molar-refractivity contribution is 7.89. The van der Waals surface area contributed by atoms with Gasteiger partial charge in [-0.25, -0.2) is 8.42 Å². The first kappa shape index (κ1) is 19.2. The van der Waals surface area contributed by atoms with Gasteiger partial charge >= 0.3 is 11.9 Å². The van der Waals surface area contributed by atoms with Crippen LogP contribution in [-0.4, -0.2) is 56.6 Å². The number of esters is 1. The van der Waals surface area contributed by atoms with Gasteiger partial charge in [-0.05, 0) is 37.6 Å². The van der Waals surface area contributed by atoms with E-state index in [1.165, 1.54) is 35.7 Å². The summed E-state index contributed by atoms with van der Waals surface area (Å²) >= 11 is 0. The highest BCUT2D eigenvalue weighted by atomic mass is 32.2. The third-order valence-electron chi connectivity index (χ3n) is 4.22. The number of carboxylic acids is 1. The van der Waals surface area contributed by atoms with Gasteiger partial charge in [0.25, 0.3) is 0 Å². The lowest BCUT2D eigenvalue weighted by Gasteiger charge is -2.20. The molecule has 1 aliphatic heterocycles. The van der Waals surface area contributed by atoms with Crippen LogP contribution < -0.4 is 4.74 Å². The number of carbonyl (C=O) groups is 2. The number of methoxy groups -OCH3 is 1. The lowest BCUT2D eigenvalue weighted by Crippen LogP contribution is -2.34. The lowest BCUT2D eigenvalue weighted by molar-refractivity contribution is -0.147. The molecule has 0 spiro atoms. The van der Waals surface area contributed by atoms with Crippen molar-refractivity contribution in [2.75, 3.05) is 26.8 Å². The molecule has 1 saturated heterocycles. The fourth-order valence-electron chi connectivity index (χ4n) is 2.51. The second-order valence-electron chi connectivity index (χ2n) is 6.10. The van der Waals surface area contributed by atoms with Crippen molar-refractivity contribution in [2.45, 2.75) is 24.7 Å². The maximum atomic E-state index is 12.6. The van der Waals surface area contributed by atoms with Crippen molar-refractivity contribution in [2.24, 2.45) is 5.41 Å². The summed E-state index contributed by atoms with van der Waals surface area (Å²) < 4.78 is 36.3. The smallest absolute Gasteiger partial charge is 0.310 e. The molecule has 0 aliphatic carbocycles. The lowest BCUT2D eigenvalue weighted by atomic mass is 9.90. The number of aliphatic carboxylic acids is 1. The van der Waals surface area contributed by atoms with Gasteiger partial charge in [-0.2, -0.15) is 4.31 Å². The fraction of sp³-hybridized carbons (Fsp3) is 0.500. The van der Waals surface area contributed by atoms with E-state index in [2.05, 4.69) is 4.74 Å². The van der Waals surface area contributed by atoms with Crippen LogP contribution in [0.1, 0.15) is 19.8 Å². The van der Waals surface area contributed by atoms with Gasteiger partial charge < -0.3 is 14.6 Å². The van der Waals surface area contributed by atoms with Gasteiger partial charge in [-0.1, -0.05) is 0 Å². The van der Waals surface area contributed by atoms with E-state index < -0.39 is 27.4 Å². The van der Waals surface area contributed by atoms with Gasteiger partial charge in [-0.15, -0.1) is 0 Å². The van der Waals surface area contributed by atoms with Crippen LogP contribution in [0.15, 0.2) is 29.2 Å². The topological polar surface area (TPSA) is 110 Å². The minimum Gasteiger partial charge on any atom is -0.493 e. The van der Waals surface area contributed by atoms with E-state index in [-0.39, 0.29) is 37.4 Å². The molecule has 2 rings (SSSR count). The van der Waals surface area contributed by atoms with E-state index >= 15 is 0 Å². The van der Waals surface area contributed by atoms with Gasteiger partial charge in [0.05, 0.1) is 30.4 Å². The minimum atomic E-state index is -3.76. The van der Waals surface area contributed by atoms with Crippen molar-refractivity contribution in [1.29, 1.82) is 0 Å². The third-order valence-corrected chi connectivity index (χ3v) is 6.08. The zero-order valence-corrected chi connectivity index (χ0v) is 14.9. The van der Waals surface area contributed by atoms with Crippen LogP contribution in [-0.2, 0) is 24.3 Å². The van der Waals surface area contributed by atoms with Crippen LogP contribution in [0.25, 0.3) is 0 Å². The van der Waals surface area contributed by atoms with Crippen LogP contribution in [0.3, 0.4) is 0 Å². The Balaban J connectivity index is 2.03. The minimum absolute atomic E-state index is 0.0535. The number of hydrogen-bond acceptors (Lipinski definition) is 6. The Hall–Kier alpha value is -2.13. The van der Waals surface area contributed by atoms with Gasteiger partial charge in [0.1, 0.15) is 5.75 Å². The molecule has 0 aromatic heterocycles. The monoisotopic (exact) mass is 371 g/mol. The second kappa shape index (κ2) is 7.40. The zero-order chi connectivity index (χ0) is 18.7. The van der Waals surface area contributed by atoms with E-state index in [4.69, 9.17) is 4.74 Å². The number of carbonyl (C=O) groups excluding carboxylic acids is 1. The molecule has 0 radical (unpaired) electrons. The summed E-state index contributed by atoms with van der Waals surface area (Å²) in [4.78, 5) is 22.4. The first-order valence-corrected chi connectivity index (χ1v) is 9.16. The number of nitrogens with zero attached hydrogens (tertiary/aromatic N) is 1. The summed E-state index contributed by atoms with van der Waals surface area (Å²) in [5.74, 6) is -0.964. The van der Waals surface area contributed by atoms with E-state index in [1.807, 2.05) is 0 Å². The number of sulfonamides is 1. The summed E-state index contributed by atoms with van der Waals surface area (Å²) in [6.45, 7) is 1.79.